The van der Waals surface area contributed by atoms with Crippen molar-refractivity contribution in [2.75, 3.05) is 13.7 Å². The Bertz CT molecular complexity index is 421. The lowest BCUT2D eigenvalue weighted by Crippen LogP contribution is -2.29. The van der Waals surface area contributed by atoms with E-state index in [9.17, 15) is 4.79 Å². The highest BCUT2D eigenvalue weighted by Gasteiger charge is 2.34. The summed E-state index contributed by atoms with van der Waals surface area (Å²) in [5.41, 5.74) is 0.396. The van der Waals surface area contributed by atoms with Crippen LogP contribution in [0.25, 0.3) is 0 Å². The fourth-order valence-corrected chi connectivity index (χ4v) is 3.12. The molecule has 1 aromatic rings. The van der Waals surface area contributed by atoms with Crippen LogP contribution in [-0.4, -0.2) is 24.7 Å². The van der Waals surface area contributed by atoms with E-state index in [0.717, 1.165) is 36.6 Å². The largest absolute Gasteiger partial charge is 0.465 e. The number of ether oxygens (including phenoxy) is 2. The summed E-state index contributed by atoms with van der Waals surface area (Å²) in [7, 11) is 1.39. The average Bonchev–Trinajstić information content (AvgIpc) is 2.72. The van der Waals surface area contributed by atoms with Gasteiger partial charge in [-0.05, 0) is 33.1 Å². The van der Waals surface area contributed by atoms with Gasteiger partial charge in [-0.2, -0.15) is 0 Å². The van der Waals surface area contributed by atoms with Crippen molar-refractivity contribution < 1.29 is 14.3 Å². The van der Waals surface area contributed by atoms with Crippen LogP contribution in [0.5, 0.6) is 0 Å². The predicted molar refractivity (Wildman–Crippen MR) is 65.3 cm³/mol. The van der Waals surface area contributed by atoms with Crippen LogP contribution in [-0.2, 0) is 15.1 Å². The molecule has 17 heavy (non-hydrogen) atoms. The molecule has 0 radical (unpaired) electrons. The van der Waals surface area contributed by atoms with E-state index in [1.54, 1.807) is 0 Å². The lowest BCUT2D eigenvalue weighted by Gasteiger charge is -2.31. The van der Waals surface area contributed by atoms with Gasteiger partial charge in [0, 0.05) is 6.61 Å². The second-order valence-electron chi connectivity index (χ2n) is 4.46. The molecule has 0 bridgehead atoms. The smallest absolute Gasteiger partial charge is 0.349 e. The Morgan fingerprint density at radius 3 is 2.88 bits per heavy atom. The lowest BCUT2D eigenvalue weighted by atomic mass is 9.97. The molecule has 94 valence electrons. The van der Waals surface area contributed by atoms with Gasteiger partial charge >= 0.3 is 5.97 Å². The van der Waals surface area contributed by atoms with Crippen LogP contribution in [0.1, 0.15) is 46.6 Å². The first-order chi connectivity index (χ1) is 8.07. The van der Waals surface area contributed by atoms with Crippen molar-refractivity contribution in [3.63, 3.8) is 0 Å². The number of thiazole rings is 1. The Morgan fingerprint density at radius 1 is 1.53 bits per heavy atom. The Morgan fingerprint density at radius 2 is 2.29 bits per heavy atom. The number of esters is 1. The van der Waals surface area contributed by atoms with Crippen molar-refractivity contribution in [1.29, 1.82) is 0 Å². The summed E-state index contributed by atoms with van der Waals surface area (Å²) in [5.74, 6) is -0.314. The molecule has 0 amide bonds. The van der Waals surface area contributed by atoms with E-state index in [1.807, 2.05) is 13.8 Å². The summed E-state index contributed by atoms with van der Waals surface area (Å²) < 4.78 is 10.6. The normalized spacial score (nSPS) is 24.6. The molecule has 2 heterocycles. The molecule has 5 heteroatoms. The summed E-state index contributed by atoms with van der Waals surface area (Å²) in [6.07, 6.45) is 3.20. The van der Waals surface area contributed by atoms with Crippen LogP contribution < -0.4 is 0 Å². The van der Waals surface area contributed by atoms with E-state index in [2.05, 4.69) is 4.98 Å². The zero-order valence-corrected chi connectivity index (χ0v) is 11.2. The minimum absolute atomic E-state index is 0.314. The van der Waals surface area contributed by atoms with Gasteiger partial charge in [0.05, 0.1) is 12.8 Å². The van der Waals surface area contributed by atoms with E-state index < -0.39 is 0 Å². The Hall–Kier alpha value is -0.940. The molecular weight excluding hydrogens is 238 g/mol. The van der Waals surface area contributed by atoms with Crippen molar-refractivity contribution in [3.05, 3.63) is 15.6 Å². The topological polar surface area (TPSA) is 48.4 Å². The molecule has 2 rings (SSSR count). The van der Waals surface area contributed by atoms with Crippen molar-refractivity contribution >= 4 is 17.3 Å². The van der Waals surface area contributed by atoms with Crippen LogP contribution in [0.15, 0.2) is 0 Å². The predicted octanol–water partition coefficient (Wildman–Crippen LogP) is 2.65. The van der Waals surface area contributed by atoms with Crippen LogP contribution in [0, 0.1) is 6.92 Å². The van der Waals surface area contributed by atoms with E-state index in [1.165, 1.54) is 18.4 Å². The lowest BCUT2D eigenvalue weighted by molar-refractivity contribution is -0.0702. The number of hydrogen-bond donors (Lipinski definition) is 0. The number of aryl methyl sites for hydroxylation is 1. The molecule has 1 aliphatic heterocycles. The molecule has 0 aliphatic carbocycles. The first-order valence-electron chi connectivity index (χ1n) is 5.77. The minimum atomic E-state index is -0.333. The molecule has 0 saturated carbocycles. The molecule has 1 saturated heterocycles. The maximum absolute atomic E-state index is 11.5. The molecule has 1 fully saturated rings. The van der Waals surface area contributed by atoms with Gasteiger partial charge in [0.25, 0.3) is 0 Å². The van der Waals surface area contributed by atoms with Crippen molar-refractivity contribution in [2.24, 2.45) is 0 Å². The molecule has 1 unspecified atom stereocenters. The van der Waals surface area contributed by atoms with Gasteiger partial charge in [0.2, 0.25) is 0 Å². The maximum Gasteiger partial charge on any atom is 0.349 e. The first kappa shape index (κ1) is 12.5. The molecule has 1 atom stereocenters. The SMILES string of the molecule is COC(=O)c1sc(C2(C)CCCCO2)nc1C. The number of carbonyl (C=O) groups is 1. The third-order valence-electron chi connectivity index (χ3n) is 3.09. The molecule has 1 aliphatic rings. The standard InChI is InChI=1S/C12H17NO3S/c1-8-9(10(14)15-3)17-11(13-8)12(2)6-4-5-7-16-12/h4-7H2,1-3H3. The molecule has 0 N–H and O–H groups in total. The second kappa shape index (κ2) is 4.74. The highest BCUT2D eigenvalue weighted by Crippen LogP contribution is 2.37. The summed E-state index contributed by atoms with van der Waals surface area (Å²) in [6.45, 7) is 4.65. The van der Waals surface area contributed by atoms with E-state index in [-0.39, 0.29) is 11.6 Å². The fourth-order valence-electron chi connectivity index (χ4n) is 2.01. The monoisotopic (exact) mass is 255 g/mol. The van der Waals surface area contributed by atoms with E-state index in [0.29, 0.717) is 4.88 Å². The zero-order valence-electron chi connectivity index (χ0n) is 10.4. The van der Waals surface area contributed by atoms with Crippen LogP contribution >= 0.6 is 11.3 Å². The second-order valence-corrected chi connectivity index (χ2v) is 5.46. The van der Waals surface area contributed by atoms with Crippen LogP contribution in [0.2, 0.25) is 0 Å². The first-order valence-corrected chi connectivity index (χ1v) is 6.58. The Labute approximate surface area is 105 Å². The highest BCUT2D eigenvalue weighted by molar-refractivity contribution is 7.13. The number of nitrogens with zero attached hydrogens (tertiary/aromatic N) is 1. The van der Waals surface area contributed by atoms with E-state index >= 15 is 0 Å². The van der Waals surface area contributed by atoms with Gasteiger partial charge in [0.1, 0.15) is 15.5 Å². The van der Waals surface area contributed by atoms with Gasteiger partial charge in [-0.15, -0.1) is 11.3 Å². The minimum Gasteiger partial charge on any atom is -0.465 e. The Kier molecular flexibility index (Phi) is 3.49. The summed E-state index contributed by atoms with van der Waals surface area (Å²) in [5, 5.41) is 0.884. The number of aromatic nitrogens is 1. The van der Waals surface area contributed by atoms with Crippen LogP contribution in [0.4, 0.5) is 0 Å². The summed E-state index contributed by atoms with van der Waals surface area (Å²) in [4.78, 5) is 16.6. The number of rotatable bonds is 2. The fraction of sp³-hybridized carbons (Fsp3) is 0.667. The van der Waals surface area contributed by atoms with E-state index in [4.69, 9.17) is 9.47 Å². The van der Waals surface area contributed by atoms with Crippen molar-refractivity contribution in [2.45, 2.75) is 38.7 Å². The third kappa shape index (κ3) is 2.35. The zero-order chi connectivity index (χ0) is 12.5. The van der Waals surface area contributed by atoms with Crippen molar-refractivity contribution in [3.8, 4) is 0 Å². The molecule has 0 spiro atoms. The summed E-state index contributed by atoms with van der Waals surface area (Å²) >= 11 is 1.39. The van der Waals surface area contributed by atoms with Crippen molar-refractivity contribution in [1.82, 2.24) is 4.98 Å². The molecule has 0 aromatic carbocycles. The number of carbonyl (C=O) groups excluding carboxylic acids is 1. The average molecular weight is 255 g/mol. The third-order valence-corrected chi connectivity index (χ3v) is 4.47. The Balaban J connectivity index is 2.30. The highest BCUT2D eigenvalue weighted by atomic mass is 32.1. The quantitative estimate of drug-likeness (QED) is 0.762. The molecular formula is C12H17NO3S. The molecule has 1 aromatic heterocycles. The van der Waals surface area contributed by atoms with Gasteiger partial charge in [0.15, 0.2) is 0 Å². The number of methoxy groups -OCH3 is 1. The summed E-state index contributed by atoms with van der Waals surface area (Å²) in [6, 6.07) is 0. The van der Waals surface area contributed by atoms with Gasteiger partial charge in [-0.3, -0.25) is 0 Å². The van der Waals surface area contributed by atoms with Gasteiger partial charge < -0.3 is 9.47 Å². The maximum atomic E-state index is 11.5. The molecule has 4 nitrogen and oxygen atoms in total. The van der Waals surface area contributed by atoms with Gasteiger partial charge in [-0.25, -0.2) is 9.78 Å². The van der Waals surface area contributed by atoms with Gasteiger partial charge in [-0.1, -0.05) is 0 Å². The van der Waals surface area contributed by atoms with Crippen LogP contribution in [0.3, 0.4) is 0 Å². The number of hydrogen-bond acceptors (Lipinski definition) is 5.